The smallest absolute Gasteiger partial charge is 0.185 e. The third-order valence-corrected chi connectivity index (χ3v) is 7.64. The molecule has 1 aromatic heterocycles. The molecule has 0 amide bonds. The van der Waals surface area contributed by atoms with Crippen LogP contribution in [0.3, 0.4) is 0 Å². The zero-order chi connectivity index (χ0) is 17.7. The van der Waals surface area contributed by atoms with E-state index in [4.69, 9.17) is 0 Å². The van der Waals surface area contributed by atoms with Crippen LogP contribution in [0.2, 0.25) is 0 Å². The highest BCUT2D eigenvalue weighted by Gasteiger charge is 2.34. The normalized spacial score (nSPS) is 17.5. The molecule has 1 aliphatic rings. The fourth-order valence-corrected chi connectivity index (χ4v) is 6.20. The number of rotatable bonds is 2. The van der Waals surface area contributed by atoms with Crippen molar-refractivity contribution in [2.45, 2.75) is 29.4 Å². The Morgan fingerprint density at radius 2 is 1.62 bits per heavy atom. The van der Waals surface area contributed by atoms with Crippen LogP contribution in [-0.2, 0) is 16.3 Å². The predicted molar refractivity (Wildman–Crippen MR) is 105 cm³/mol. The van der Waals surface area contributed by atoms with E-state index in [0.29, 0.717) is 11.3 Å². The van der Waals surface area contributed by atoms with Gasteiger partial charge >= 0.3 is 0 Å². The van der Waals surface area contributed by atoms with E-state index in [1.807, 2.05) is 24.3 Å². The fourth-order valence-electron chi connectivity index (χ4n) is 4.28. The zero-order valence-electron chi connectivity index (χ0n) is 14.3. The Bertz CT molecular complexity index is 1220. The molecule has 3 nitrogen and oxygen atoms in total. The minimum atomic E-state index is -3.42. The van der Waals surface area contributed by atoms with E-state index in [1.54, 1.807) is 24.3 Å². The van der Waals surface area contributed by atoms with Gasteiger partial charge in [-0.05, 0) is 48.6 Å². The number of nitrogens with one attached hydrogen (secondary N) is 1. The van der Waals surface area contributed by atoms with Crippen LogP contribution in [0.4, 0.5) is 0 Å². The fraction of sp³-hybridized carbons (Fsp3) is 0.182. The van der Waals surface area contributed by atoms with E-state index < -0.39 is 15.1 Å². The summed E-state index contributed by atoms with van der Waals surface area (Å²) in [5.41, 5.74) is 4.15. The molecule has 0 saturated heterocycles. The van der Waals surface area contributed by atoms with Gasteiger partial charge in [0.25, 0.3) is 0 Å². The quantitative estimate of drug-likeness (QED) is 0.535. The lowest BCUT2D eigenvalue weighted by atomic mass is 9.89. The maximum absolute atomic E-state index is 13.4. The van der Waals surface area contributed by atoms with E-state index in [2.05, 4.69) is 23.2 Å². The van der Waals surface area contributed by atoms with Gasteiger partial charge in [0.15, 0.2) is 9.84 Å². The number of H-pyrrole nitrogens is 1. The summed E-state index contributed by atoms with van der Waals surface area (Å²) < 4.78 is 26.8. The second-order valence-corrected chi connectivity index (χ2v) is 9.10. The van der Waals surface area contributed by atoms with Crippen LogP contribution in [0.15, 0.2) is 71.6 Å². The van der Waals surface area contributed by atoms with Crippen molar-refractivity contribution in [3.05, 3.63) is 77.9 Å². The van der Waals surface area contributed by atoms with Gasteiger partial charge in [0.05, 0.1) is 15.7 Å². The number of fused-ring (bicyclic) bond motifs is 5. The summed E-state index contributed by atoms with van der Waals surface area (Å²) in [5.74, 6) is 0. The van der Waals surface area contributed by atoms with Crippen molar-refractivity contribution < 1.29 is 8.42 Å². The number of aromatic amines is 1. The Morgan fingerprint density at radius 1 is 0.846 bits per heavy atom. The summed E-state index contributed by atoms with van der Waals surface area (Å²) in [6, 6.07) is 21.2. The standard InChI is InChI=1S/C22H19NO2S/c24-26(25,16-8-2-1-3-9-16)20-12-6-7-15-13-14-18-17-10-4-5-11-19(17)23-22(18)21(15)20/h1-5,8-11,13-14,20,23H,6-7,12H2. The summed E-state index contributed by atoms with van der Waals surface area (Å²) in [6.45, 7) is 0. The Morgan fingerprint density at radius 3 is 2.46 bits per heavy atom. The van der Waals surface area contributed by atoms with E-state index in [1.165, 1.54) is 0 Å². The topological polar surface area (TPSA) is 49.9 Å². The van der Waals surface area contributed by atoms with Gasteiger partial charge in [-0.1, -0.05) is 48.5 Å². The van der Waals surface area contributed by atoms with Crippen molar-refractivity contribution in [3.8, 4) is 0 Å². The lowest BCUT2D eigenvalue weighted by molar-refractivity contribution is 0.561. The van der Waals surface area contributed by atoms with Gasteiger partial charge in [0.1, 0.15) is 0 Å². The SMILES string of the molecule is O=S(=O)(c1ccccc1)C1CCCc2ccc3c([nH]c4ccccc43)c21. The van der Waals surface area contributed by atoms with Gasteiger partial charge in [-0.15, -0.1) is 0 Å². The lowest BCUT2D eigenvalue weighted by Crippen LogP contribution is -2.19. The van der Waals surface area contributed by atoms with E-state index in [9.17, 15) is 8.42 Å². The average Bonchev–Trinajstić information content (AvgIpc) is 3.07. The summed E-state index contributed by atoms with van der Waals surface area (Å²) in [5, 5.41) is 1.76. The number of benzene rings is 3. The molecule has 0 saturated carbocycles. The molecule has 0 aliphatic heterocycles. The molecule has 3 aromatic carbocycles. The summed E-state index contributed by atoms with van der Waals surface area (Å²) in [4.78, 5) is 3.90. The summed E-state index contributed by atoms with van der Waals surface area (Å²) in [6.07, 6.45) is 2.50. The largest absolute Gasteiger partial charge is 0.354 e. The predicted octanol–water partition coefficient (Wildman–Crippen LogP) is 5.17. The van der Waals surface area contributed by atoms with Crippen molar-refractivity contribution in [1.82, 2.24) is 4.98 Å². The van der Waals surface area contributed by atoms with Crippen molar-refractivity contribution in [2.75, 3.05) is 0 Å². The second-order valence-electron chi connectivity index (χ2n) is 6.97. The maximum Gasteiger partial charge on any atom is 0.185 e. The molecule has 130 valence electrons. The molecule has 0 fully saturated rings. The molecule has 1 unspecified atom stereocenters. The first-order valence-electron chi connectivity index (χ1n) is 8.97. The Balaban J connectivity index is 1.80. The number of sulfone groups is 1. The van der Waals surface area contributed by atoms with Crippen LogP contribution in [-0.4, -0.2) is 13.4 Å². The molecule has 1 N–H and O–H groups in total. The number of aromatic nitrogens is 1. The highest BCUT2D eigenvalue weighted by molar-refractivity contribution is 7.91. The van der Waals surface area contributed by atoms with Gasteiger partial charge in [-0.2, -0.15) is 0 Å². The minimum Gasteiger partial charge on any atom is -0.354 e. The van der Waals surface area contributed by atoms with Crippen LogP contribution >= 0.6 is 0 Å². The molecule has 1 heterocycles. The van der Waals surface area contributed by atoms with Crippen LogP contribution in [0, 0.1) is 0 Å². The van der Waals surface area contributed by atoms with Gasteiger partial charge in [0.2, 0.25) is 0 Å². The Hall–Kier alpha value is -2.59. The molecule has 0 spiro atoms. The first kappa shape index (κ1) is 15.6. The third kappa shape index (κ3) is 2.22. The van der Waals surface area contributed by atoms with E-state index >= 15 is 0 Å². The molecule has 1 aliphatic carbocycles. The second kappa shape index (κ2) is 5.71. The first-order valence-corrected chi connectivity index (χ1v) is 10.5. The van der Waals surface area contributed by atoms with Crippen molar-refractivity contribution in [2.24, 2.45) is 0 Å². The monoisotopic (exact) mass is 361 g/mol. The highest BCUT2D eigenvalue weighted by atomic mass is 32.2. The number of hydrogen-bond acceptors (Lipinski definition) is 2. The van der Waals surface area contributed by atoms with E-state index in [-0.39, 0.29) is 0 Å². The average molecular weight is 361 g/mol. The van der Waals surface area contributed by atoms with Crippen LogP contribution in [0.1, 0.15) is 29.2 Å². The number of aryl methyl sites for hydroxylation is 1. The first-order chi connectivity index (χ1) is 12.7. The van der Waals surface area contributed by atoms with Crippen molar-refractivity contribution in [1.29, 1.82) is 0 Å². The lowest BCUT2D eigenvalue weighted by Gasteiger charge is -2.26. The molecule has 4 heteroatoms. The van der Waals surface area contributed by atoms with Gasteiger partial charge < -0.3 is 4.98 Å². The molecular weight excluding hydrogens is 342 g/mol. The van der Waals surface area contributed by atoms with Gasteiger partial charge in [-0.25, -0.2) is 8.42 Å². The van der Waals surface area contributed by atoms with Crippen LogP contribution < -0.4 is 0 Å². The van der Waals surface area contributed by atoms with Gasteiger partial charge in [-0.3, -0.25) is 0 Å². The van der Waals surface area contributed by atoms with Crippen LogP contribution in [0.25, 0.3) is 21.8 Å². The van der Waals surface area contributed by atoms with Crippen LogP contribution in [0.5, 0.6) is 0 Å². The van der Waals surface area contributed by atoms with Crippen molar-refractivity contribution >= 4 is 31.6 Å². The van der Waals surface area contributed by atoms with E-state index in [0.717, 1.165) is 45.8 Å². The molecule has 5 rings (SSSR count). The third-order valence-electron chi connectivity index (χ3n) is 5.49. The molecule has 0 radical (unpaired) electrons. The molecule has 26 heavy (non-hydrogen) atoms. The molecular formula is C22H19NO2S. The minimum absolute atomic E-state index is 0.408. The molecule has 1 atom stereocenters. The van der Waals surface area contributed by atoms with Gasteiger partial charge in [0, 0.05) is 16.3 Å². The summed E-state index contributed by atoms with van der Waals surface area (Å²) in [7, 11) is -3.42. The Labute approximate surface area is 152 Å². The zero-order valence-corrected chi connectivity index (χ0v) is 15.1. The van der Waals surface area contributed by atoms with Crippen molar-refractivity contribution in [3.63, 3.8) is 0 Å². The maximum atomic E-state index is 13.4. The highest BCUT2D eigenvalue weighted by Crippen LogP contribution is 2.43. The summed E-state index contributed by atoms with van der Waals surface area (Å²) >= 11 is 0. The number of hydrogen-bond donors (Lipinski definition) is 1. The Kier molecular flexibility index (Phi) is 3.44. The molecule has 4 aromatic rings. The number of para-hydroxylation sites is 1. The molecule has 0 bridgehead atoms.